The van der Waals surface area contributed by atoms with Crippen LogP contribution in [0.4, 0.5) is 0 Å². The lowest BCUT2D eigenvalue weighted by Crippen LogP contribution is -2.30. The molecule has 120 valence electrons. The van der Waals surface area contributed by atoms with Crippen molar-refractivity contribution in [2.75, 3.05) is 13.1 Å². The van der Waals surface area contributed by atoms with Gasteiger partial charge in [-0.25, -0.2) is 0 Å². The van der Waals surface area contributed by atoms with Gasteiger partial charge < -0.3 is 10.6 Å². The maximum absolute atomic E-state index is 4.17. The van der Waals surface area contributed by atoms with Crippen LogP contribution in [0.1, 0.15) is 67.7 Å². The molecule has 0 heterocycles. The summed E-state index contributed by atoms with van der Waals surface area (Å²) in [5.74, 6) is 0.486. The van der Waals surface area contributed by atoms with Gasteiger partial charge in [-0.1, -0.05) is 68.0 Å². The van der Waals surface area contributed by atoms with Crippen LogP contribution in [0.5, 0.6) is 0 Å². The van der Waals surface area contributed by atoms with Crippen molar-refractivity contribution in [3.05, 3.63) is 24.6 Å². The summed E-state index contributed by atoms with van der Waals surface area (Å²) in [5, 5.41) is 6.75. The van der Waals surface area contributed by atoms with Crippen LogP contribution in [-0.4, -0.2) is 13.1 Å². The smallest absolute Gasteiger partial charge is 0.0198 e. The Morgan fingerprint density at radius 1 is 1.05 bits per heavy atom. The van der Waals surface area contributed by atoms with Crippen LogP contribution in [0.2, 0.25) is 0 Å². The normalized spacial score (nSPS) is 11.9. The van der Waals surface area contributed by atoms with Crippen molar-refractivity contribution >= 4 is 0 Å². The Hall–Kier alpha value is -0.920. The van der Waals surface area contributed by atoms with E-state index in [0.717, 1.165) is 37.3 Å². The summed E-state index contributed by atoms with van der Waals surface area (Å²) >= 11 is 0. The molecular weight excluding hydrogens is 244 g/mol. The molecule has 0 aromatic carbocycles. The summed E-state index contributed by atoms with van der Waals surface area (Å²) in [4.78, 5) is 0. The van der Waals surface area contributed by atoms with E-state index in [2.05, 4.69) is 58.4 Å². The molecule has 0 aromatic rings. The highest BCUT2D eigenvalue weighted by atomic mass is 14.9. The third-order valence-electron chi connectivity index (χ3n) is 4.01. The monoisotopic (exact) mass is 282 g/mol. The first-order valence-electron chi connectivity index (χ1n) is 8.19. The maximum atomic E-state index is 4.17. The lowest BCUT2D eigenvalue weighted by atomic mass is 9.76. The molecule has 2 nitrogen and oxygen atoms in total. The fraction of sp³-hybridized carbons (Fsp3) is 0.778. The van der Waals surface area contributed by atoms with E-state index in [1.54, 1.807) is 0 Å². The fourth-order valence-electron chi connectivity index (χ4n) is 1.70. The van der Waals surface area contributed by atoms with Crippen LogP contribution in [0, 0.1) is 11.3 Å². The molecule has 0 aromatic heterocycles. The van der Waals surface area contributed by atoms with Gasteiger partial charge in [0, 0.05) is 36.8 Å². The quantitative estimate of drug-likeness (QED) is 0.583. The highest BCUT2D eigenvalue weighted by Gasteiger charge is 2.25. The molecule has 0 saturated heterocycles. The topological polar surface area (TPSA) is 24.1 Å². The van der Waals surface area contributed by atoms with Gasteiger partial charge in [0.15, 0.2) is 0 Å². The Morgan fingerprint density at radius 3 is 2.05 bits per heavy atom. The van der Waals surface area contributed by atoms with E-state index in [1.165, 1.54) is 6.42 Å². The third kappa shape index (κ3) is 9.06. The van der Waals surface area contributed by atoms with Crippen molar-refractivity contribution in [2.24, 2.45) is 11.3 Å². The third-order valence-corrected chi connectivity index (χ3v) is 4.01. The zero-order valence-corrected chi connectivity index (χ0v) is 15.0. The van der Waals surface area contributed by atoms with Crippen LogP contribution in [-0.2, 0) is 0 Å². The molecule has 0 aliphatic heterocycles. The molecule has 0 rings (SSSR count). The summed E-state index contributed by atoms with van der Waals surface area (Å²) in [7, 11) is 0. The Bertz CT molecular complexity index is 267. The van der Waals surface area contributed by atoms with Gasteiger partial charge in [0.25, 0.3) is 0 Å². The minimum absolute atomic E-state index is 0.307. The lowest BCUT2D eigenvalue weighted by Gasteiger charge is -2.32. The molecule has 0 bridgehead atoms. The minimum Gasteiger partial charge on any atom is -0.389 e. The molecule has 0 spiro atoms. The Kier molecular flexibility index (Phi) is 12.7. The van der Waals surface area contributed by atoms with Gasteiger partial charge in [-0.2, -0.15) is 0 Å². The lowest BCUT2D eigenvalue weighted by molar-refractivity contribution is 0.246. The molecule has 0 aliphatic rings. The predicted molar refractivity (Wildman–Crippen MR) is 93.8 cm³/mol. The number of hydrogen-bond donors (Lipinski definition) is 2. The van der Waals surface area contributed by atoms with Crippen molar-refractivity contribution < 1.29 is 0 Å². The average Bonchev–Trinajstić information content (AvgIpc) is 2.46. The SMILES string of the molecule is C=C(CCNC(=C)[C@H](C)C(C)(C)CC)NCCC.CC. The number of allylic oxidation sites excluding steroid dienone is 1. The summed E-state index contributed by atoms with van der Waals surface area (Å²) < 4.78 is 0. The molecular formula is C18H38N2. The average molecular weight is 283 g/mol. The molecule has 0 saturated carbocycles. The molecule has 20 heavy (non-hydrogen) atoms. The van der Waals surface area contributed by atoms with Gasteiger partial charge in [0.05, 0.1) is 0 Å². The van der Waals surface area contributed by atoms with Crippen LogP contribution < -0.4 is 10.6 Å². The van der Waals surface area contributed by atoms with Gasteiger partial charge in [-0.3, -0.25) is 0 Å². The maximum Gasteiger partial charge on any atom is 0.0198 e. The first-order valence-corrected chi connectivity index (χ1v) is 8.19. The van der Waals surface area contributed by atoms with E-state index in [9.17, 15) is 0 Å². The van der Waals surface area contributed by atoms with Crippen molar-refractivity contribution in [1.29, 1.82) is 0 Å². The molecule has 2 heteroatoms. The fourth-order valence-corrected chi connectivity index (χ4v) is 1.70. The first-order chi connectivity index (χ1) is 9.35. The standard InChI is InChI=1S/C16H32N2.C2H6/c1-8-11-17-13(3)10-12-18-15(5)14(4)16(6,7)9-2;1-2/h14,17-18H,3,5,8-12H2,1-2,4,6-7H3;1-2H3/t14-;/m0./s1. The highest BCUT2D eigenvalue weighted by molar-refractivity contribution is 5.03. The molecule has 0 aliphatic carbocycles. The summed E-state index contributed by atoms with van der Waals surface area (Å²) in [6.07, 6.45) is 3.26. The zero-order chi connectivity index (χ0) is 16.2. The minimum atomic E-state index is 0.307. The van der Waals surface area contributed by atoms with E-state index in [0.29, 0.717) is 11.3 Å². The van der Waals surface area contributed by atoms with Gasteiger partial charge in [0.2, 0.25) is 0 Å². The molecule has 0 fully saturated rings. The van der Waals surface area contributed by atoms with Crippen molar-refractivity contribution in [2.45, 2.75) is 67.7 Å². The van der Waals surface area contributed by atoms with Crippen molar-refractivity contribution in [3.63, 3.8) is 0 Å². The molecule has 2 N–H and O–H groups in total. The molecule has 0 unspecified atom stereocenters. The van der Waals surface area contributed by atoms with E-state index in [-0.39, 0.29) is 0 Å². The van der Waals surface area contributed by atoms with E-state index < -0.39 is 0 Å². The van der Waals surface area contributed by atoms with E-state index in [4.69, 9.17) is 0 Å². The van der Waals surface area contributed by atoms with E-state index >= 15 is 0 Å². The van der Waals surface area contributed by atoms with Crippen LogP contribution in [0.25, 0.3) is 0 Å². The Balaban J connectivity index is 0. The second kappa shape index (κ2) is 11.9. The second-order valence-electron chi connectivity index (χ2n) is 5.80. The van der Waals surface area contributed by atoms with Gasteiger partial charge >= 0.3 is 0 Å². The predicted octanol–water partition coefficient (Wildman–Crippen LogP) is 5.09. The Morgan fingerprint density at radius 2 is 1.60 bits per heavy atom. The Labute approximate surface area is 128 Å². The number of hydrogen-bond acceptors (Lipinski definition) is 2. The number of rotatable bonds is 10. The van der Waals surface area contributed by atoms with Gasteiger partial charge in [-0.05, 0) is 11.8 Å². The van der Waals surface area contributed by atoms with Crippen LogP contribution >= 0.6 is 0 Å². The van der Waals surface area contributed by atoms with Gasteiger partial charge in [0.1, 0.15) is 0 Å². The summed E-state index contributed by atoms with van der Waals surface area (Å²) in [6.45, 7) is 25.4. The second-order valence-corrected chi connectivity index (χ2v) is 5.80. The zero-order valence-electron chi connectivity index (χ0n) is 15.0. The largest absolute Gasteiger partial charge is 0.389 e. The number of nitrogens with one attached hydrogen (secondary N) is 2. The van der Waals surface area contributed by atoms with E-state index in [1.807, 2.05) is 13.8 Å². The van der Waals surface area contributed by atoms with Crippen LogP contribution in [0.15, 0.2) is 24.6 Å². The van der Waals surface area contributed by atoms with Crippen molar-refractivity contribution in [1.82, 2.24) is 10.6 Å². The summed E-state index contributed by atoms with van der Waals surface area (Å²) in [6, 6.07) is 0. The molecule has 1 atom stereocenters. The summed E-state index contributed by atoms with van der Waals surface area (Å²) in [5.41, 5.74) is 2.56. The molecule has 0 radical (unpaired) electrons. The van der Waals surface area contributed by atoms with Crippen LogP contribution in [0.3, 0.4) is 0 Å². The molecule has 0 amide bonds. The first kappa shape index (κ1) is 21.4. The van der Waals surface area contributed by atoms with Crippen molar-refractivity contribution in [3.8, 4) is 0 Å². The highest BCUT2D eigenvalue weighted by Crippen LogP contribution is 2.33. The van der Waals surface area contributed by atoms with Gasteiger partial charge in [-0.15, -0.1) is 0 Å².